The van der Waals surface area contributed by atoms with E-state index in [1.165, 1.54) is 6.42 Å². The van der Waals surface area contributed by atoms with Gasteiger partial charge < -0.3 is 9.15 Å². The molecule has 0 aliphatic heterocycles. The lowest BCUT2D eigenvalue weighted by atomic mass is 9.89. The monoisotopic (exact) mass is 305 g/mol. The summed E-state index contributed by atoms with van der Waals surface area (Å²) in [6.07, 6.45) is 5.40. The maximum absolute atomic E-state index is 12.0. The van der Waals surface area contributed by atoms with Gasteiger partial charge in [0, 0.05) is 0 Å². The first-order valence-corrected chi connectivity index (χ1v) is 8.29. The molecule has 1 saturated carbocycles. The van der Waals surface area contributed by atoms with E-state index in [0.717, 1.165) is 36.3 Å². The summed E-state index contributed by atoms with van der Waals surface area (Å²) in [5.41, 5.74) is 0.711. The Morgan fingerprint density at radius 2 is 2.24 bits per heavy atom. The fourth-order valence-corrected chi connectivity index (χ4v) is 3.31. The maximum atomic E-state index is 12.0. The van der Waals surface area contributed by atoms with Crippen LogP contribution in [0.2, 0.25) is 0 Å². The molecule has 2 aromatic rings. The van der Waals surface area contributed by atoms with Gasteiger partial charge >= 0.3 is 5.97 Å². The maximum Gasteiger partial charge on any atom is 0.309 e. The zero-order valence-corrected chi connectivity index (χ0v) is 12.9. The minimum Gasteiger partial charge on any atom is -0.459 e. The summed E-state index contributed by atoms with van der Waals surface area (Å²) in [7, 11) is 0. The van der Waals surface area contributed by atoms with Gasteiger partial charge in [-0.05, 0) is 31.2 Å². The Morgan fingerprint density at radius 1 is 1.43 bits per heavy atom. The van der Waals surface area contributed by atoms with Crippen molar-refractivity contribution in [3.8, 4) is 10.8 Å². The van der Waals surface area contributed by atoms with Crippen LogP contribution in [0.15, 0.2) is 21.9 Å². The largest absolute Gasteiger partial charge is 0.459 e. The third-order valence-electron chi connectivity index (χ3n) is 3.91. The molecule has 1 aliphatic carbocycles. The molecule has 5 heteroatoms. The van der Waals surface area contributed by atoms with Crippen LogP contribution in [-0.2, 0) is 16.1 Å². The Hall–Kier alpha value is -1.62. The molecule has 3 rings (SSSR count). The highest BCUT2D eigenvalue weighted by atomic mass is 32.1. The summed E-state index contributed by atoms with van der Waals surface area (Å²) in [6, 6.07) is 3.93. The molecule has 0 aromatic carbocycles. The lowest BCUT2D eigenvalue weighted by Crippen LogP contribution is -2.20. The van der Waals surface area contributed by atoms with Crippen LogP contribution in [0.5, 0.6) is 0 Å². The molecule has 1 fully saturated rings. The van der Waals surface area contributed by atoms with Gasteiger partial charge in [0.15, 0.2) is 0 Å². The van der Waals surface area contributed by atoms with Crippen LogP contribution in [0.25, 0.3) is 10.8 Å². The van der Waals surface area contributed by atoms with Gasteiger partial charge in [0.25, 0.3) is 0 Å². The Balaban J connectivity index is 1.61. The van der Waals surface area contributed by atoms with Gasteiger partial charge in [0.1, 0.15) is 18.1 Å². The van der Waals surface area contributed by atoms with Gasteiger partial charge in [-0.25, -0.2) is 4.98 Å². The molecule has 0 N–H and O–H groups in total. The molecule has 2 heterocycles. The second-order valence-corrected chi connectivity index (χ2v) is 6.39. The summed E-state index contributed by atoms with van der Waals surface area (Å²) >= 11 is 1.58. The minimum atomic E-state index is -0.0882. The topological polar surface area (TPSA) is 52.3 Å². The molecular weight excluding hydrogens is 286 g/mol. The average molecular weight is 305 g/mol. The summed E-state index contributed by atoms with van der Waals surface area (Å²) in [6.45, 7) is 2.06. The van der Waals surface area contributed by atoms with Crippen molar-refractivity contribution in [3.05, 3.63) is 29.0 Å². The molecule has 112 valence electrons. The lowest BCUT2D eigenvalue weighted by Gasteiger charge is -2.19. The summed E-state index contributed by atoms with van der Waals surface area (Å²) in [4.78, 5) is 17.5. The van der Waals surface area contributed by atoms with Crippen molar-refractivity contribution in [2.45, 2.75) is 45.6 Å². The first kappa shape index (κ1) is 14.3. The minimum absolute atomic E-state index is 0.0720. The molecule has 21 heavy (non-hydrogen) atoms. The molecule has 0 radical (unpaired) electrons. The second-order valence-electron chi connectivity index (χ2n) is 5.44. The fraction of sp³-hybridized carbons (Fsp3) is 0.500. The van der Waals surface area contributed by atoms with E-state index in [4.69, 9.17) is 9.15 Å². The van der Waals surface area contributed by atoms with Crippen LogP contribution in [0.1, 0.15) is 43.6 Å². The van der Waals surface area contributed by atoms with Crippen molar-refractivity contribution >= 4 is 17.3 Å². The van der Waals surface area contributed by atoms with Crippen molar-refractivity contribution in [1.29, 1.82) is 0 Å². The Morgan fingerprint density at radius 3 is 2.95 bits per heavy atom. The van der Waals surface area contributed by atoms with Gasteiger partial charge in [-0.1, -0.05) is 25.3 Å². The van der Waals surface area contributed by atoms with Gasteiger partial charge in [-0.2, -0.15) is 0 Å². The molecule has 1 aliphatic rings. The number of esters is 1. The molecule has 0 spiro atoms. The van der Waals surface area contributed by atoms with Crippen molar-refractivity contribution < 1.29 is 13.9 Å². The summed E-state index contributed by atoms with van der Waals surface area (Å²) in [5, 5.41) is 1.98. The van der Waals surface area contributed by atoms with Crippen LogP contribution in [0, 0.1) is 12.8 Å². The van der Waals surface area contributed by atoms with E-state index < -0.39 is 0 Å². The molecule has 0 saturated heterocycles. The number of oxazole rings is 1. The van der Waals surface area contributed by atoms with Crippen molar-refractivity contribution in [2.75, 3.05) is 0 Å². The van der Waals surface area contributed by atoms with Crippen molar-refractivity contribution in [3.63, 3.8) is 0 Å². The predicted molar refractivity (Wildman–Crippen MR) is 80.9 cm³/mol. The van der Waals surface area contributed by atoms with Crippen molar-refractivity contribution in [1.82, 2.24) is 4.98 Å². The molecule has 0 atom stereocenters. The summed E-state index contributed by atoms with van der Waals surface area (Å²) in [5.74, 6) is 1.30. The Labute approximate surface area is 128 Å². The number of hydrogen-bond donors (Lipinski definition) is 0. The molecule has 4 nitrogen and oxygen atoms in total. The van der Waals surface area contributed by atoms with Crippen LogP contribution >= 0.6 is 11.3 Å². The van der Waals surface area contributed by atoms with E-state index in [1.54, 1.807) is 11.3 Å². The van der Waals surface area contributed by atoms with E-state index in [9.17, 15) is 4.79 Å². The highest BCUT2D eigenvalue weighted by Crippen LogP contribution is 2.27. The number of thiophene rings is 1. The van der Waals surface area contributed by atoms with Gasteiger partial charge in [0.05, 0.1) is 10.8 Å². The number of carbonyl (C=O) groups is 1. The number of hydrogen-bond acceptors (Lipinski definition) is 5. The van der Waals surface area contributed by atoms with Gasteiger partial charge in [-0.3, -0.25) is 4.79 Å². The van der Waals surface area contributed by atoms with Gasteiger partial charge in [0.2, 0.25) is 5.89 Å². The number of ether oxygens (including phenoxy) is 1. The van der Waals surface area contributed by atoms with E-state index in [1.807, 2.05) is 24.4 Å². The number of aryl methyl sites for hydroxylation is 1. The SMILES string of the molecule is Cc1oc(-c2cccs2)nc1COC(=O)C1CCCCC1. The predicted octanol–water partition coefficient (Wildman–Crippen LogP) is 4.34. The average Bonchev–Trinajstić information content (AvgIpc) is 3.15. The van der Waals surface area contributed by atoms with E-state index in [0.29, 0.717) is 11.6 Å². The zero-order valence-electron chi connectivity index (χ0n) is 12.1. The van der Waals surface area contributed by atoms with E-state index in [-0.39, 0.29) is 18.5 Å². The number of nitrogens with zero attached hydrogens (tertiary/aromatic N) is 1. The Kier molecular flexibility index (Phi) is 4.39. The van der Waals surface area contributed by atoms with Crippen LogP contribution in [0.3, 0.4) is 0 Å². The first-order valence-electron chi connectivity index (χ1n) is 7.41. The fourth-order valence-electron chi connectivity index (χ4n) is 2.66. The number of carbonyl (C=O) groups excluding carboxylic acids is 1. The third kappa shape index (κ3) is 3.35. The summed E-state index contributed by atoms with van der Waals surface area (Å²) < 4.78 is 11.1. The second kappa shape index (κ2) is 6.43. The zero-order chi connectivity index (χ0) is 14.7. The molecule has 0 bridgehead atoms. The van der Waals surface area contributed by atoms with Gasteiger partial charge in [-0.15, -0.1) is 11.3 Å². The van der Waals surface area contributed by atoms with Crippen LogP contribution in [-0.4, -0.2) is 11.0 Å². The van der Waals surface area contributed by atoms with E-state index >= 15 is 0 Å². The van der Waals surface area contributed by atoms with Crippen LogP contribution in [0.4, 0.5) is 0 Å². The highest BCUT2D eigenvalue weighted by molar-refractivity contribution is 7.13. The molecule has 0 unspecified atom stereocenters. The normalized spacial score (nSPS) is 16.0. The molecule has 2 aromatic heterocycles. The quantitative estimate of drug-likeness (QED) is 0.789. The van der Waals surface area contributed by atoms with Crippen molar-refractivity contribution in [2.24, 2.45) is 5.92 Å². The Bertz CT molecular complexity index is 597. The molecule has 0 amide bonds. The van der Waals surface area contributed by atoms with E-state index in [2.05, 4.69) is 4.98 Å². The third-order valence-corrected chi connectivity index (χ3v) is 4.77. The standard InChI is InChI=1S/C16H19NO3S/c1-11-13(17-15(20-11)14-8-5-9-21-14)10-19-16(18)12-6-3-2-4-7-12/h5,8-9,12H,2-4,6-7,10H2,1H3. The smallest absolute Gasteiger partial charge is 0.309 e. The van der Waals surface area contributed by atoms with Crippen LogP contribution < -0.4 is 0 Å². The molecular formula is C16H19NO3S. The number of aromatic nitrogens is 1. The first-order chi connectivity index (χ1) is 10.2. The lowest BCUT2D eigenvalue weighted by molar-refractivity contribution is -0.151. The number of rotatable bonds is 4. The highest BCUT2D eigenvalue weighted by Gasteiger charge is 2.23.